The molecule has 0 heterocycles. The van der Waals surface area contributed by atoms with Gasteiger partial charge in [-0.1, -0.05) is 13.8 Å². The molecule has 0 aliphatic heterocycles. The standard InChI is InChI=1S/C14H26N2O5/c1-9(2)6-10(8-15)7-12(17)16-11(14(19)20)4-5-13(18)21-3/h9-11H,4-8,15H2,1-3H3,(H,16,17)(H,19,20)/t10?,11-/m1/s1. The van der Waals surface area contributed by atoms with Gasteiger partial charge in [0.05, 0.1) is 7.11 Å². The number of carboxylic acids is 1. The number of nitrogens with two attached hydrogens (primary N) is 1. The topological polar surface area (TPSA) is 119 Å². The molecule has 0 spiro atoms. The van der Waals surface area contributed by atoms with Crippen molar-refractivity contribution < 1.29 is 24.2 Å². The van der Waals surface area contributed by atoms with Gasteiger partial charge in [0.2, 0.25) is 5.91 Å². The first kappa shape index (κ1) is 19.4. The predicted molar refractivity (Wildman–Crippen MR) is 77.4 cm³/mol. The SMILES string of the molecule is COC(=O)CC[C@@H](NC(=O)CC(CN)CC(C)C)C(=O)O. The molecule has 0 aliphatic carbocycles. The van der Waals surface area contributed by atoms with E-state index < -0.39 is 18.0 Å². The number of amides is 1. The van der Waals surface area contributed by atoms with E-state index in [1.165, 1.54) is 7.11 Å². The number of carbonyl (C=O) groups excluding carboxylic acids is 2. The minimum Gasteiger partial charge on any atom is -0.480 e. The van der Waals surface area contributed by atoms with Gasteiger partial charge in [0.1, 0.15) is 6.04 Å². The van der Waals surface area contributed by atoms with Gasteiger partial charge in [0.15, 0.2) is 0 Å². The van der Waals surface area contributed by atoms with E-state index in [9.17, 15) is 14.4 Å². The van der Waals surface area contributed by atoms with Gasteiger partial charge in [-0.25, -0.2) is 4.79 Å². The Balaban J connectivity index is 4.39. The molecule has 0 saturated carbocycles. The molecule has 1 amide bonds. The molecule has 0 aromatic heterocycles. The summed E-state index contributed by atoms with van der Waals surface area (Å²) < 4.78 is 4.45. The summed E-state index contributed by atoms with van der Waals surface area (Å²) in [5, 5.41) is 11.5. The number of aliphatic carboxylic acids is 1. The van der Waals surface area contributed by atoms with E-state index >= 15 is 0 Å². The van der Waals surface area contributed by atoms with Crippen molar-refractivity contribution in [3.63, 3.8) is 0 Å². The molecule has 0 saturated heterocycles. The first-order chi connectivity index (χ1) is 9.79. The van der Waals surface area contributed by atoms with Crippen LogP contribution in [0.25, 0.3) is 0 Å². The summed E-state index contributed by atoms with van der Waals surface area (Å²) in [6, 6.07) is -1.09. The number of ether oxygens (including phenoxy) is 1. The van der Waals surface area contributed by atoms with Crippen LogP contribution in [0.2, 0.25) is 0 Å². The van der Waals surface area contributed by atoms with Crippen molar-refractivity contribution in [1.82, 2.24) is 5.32 Å². The molecule has 0 aliphatic rings. The number of esters is 1. The van der Waals surface area contributed by atoms with Crippen LogP contribution in [0, 0.1) is 11.8 Å². The molecule has 7 nitrogen and oxygen atoms in total. The average molecular weight is 302 g/mol. The molecule has 1 unspecified atom stereocenters. The summed E-state index contributed by atoms with van der Waals surface area (Å²) in [6.07, 6.45) is 0.950. The number of carbonyl (C=O) groups is 3. The van der Waals surface area contributed by atoms with Gasteiger partial charge < -0.3 is 20.9 Å². The van der Waals surface area contributed by atoms with E-state index in [0.29, 0.717) is 12.5 Å². The third-order valence-corrected chi connectivity index (χ3v) is 3.11. The summed E-state index contributed by atoms with van der Waals surface area (Å²) in [7, 11) is 1.23. The maximum Gasteiger partial charge on any atom is 0.326 e. The van der Waals surface area contributed by atoms with Crippen LogP contribution in [0.15, 0.2) is 0 Å². The molecule has 4 N–H and O–H groups in total. The van der Waals surface area contributed by atoms with E-state index in [0.717, 1.165) is 6.42 Å². The zero-order valence-corrected chi connectivity index (χ0v) is 12.9. The molecular formula is C14H26N2O5. The minimum atomic E-state index is -1.17. The van der Waals surface area contributed by atoms with Crippen molar-refractivity contribution in [2.45, 2.75) is 45.6 Å². The second kappa shape index (κ2) is 10.1. The molecule has 0 aromatic carbocycles. The lowest BCUT2D eigenvalue weighted by Crippen LogP contribution is -2.42. The molecular weight excluding hydrogens is 276 g/mol. The Morgan fingerprint density at radius 1 is 1.29 bits per heavy atom. The number of hydrogen-bond donors (Lipinski definition) is 3. The molecule has 21 heavy (non-hydrogen) atoms. The van der Waals surface area contributed by atoms with Crippen LogP contribution in [-0.4, -0.2) is 42.6 Å². The van der Waals surface area contributed by atoms with Gasteiger partial charge in [-0.15, -0.1) is 0 Å². The summed E-state index contributed by atoms with van der Waals surface area (Å²) in [5.41, 5.74) is 5.62. The van der Waals surface area contributed by atoms with Crippen LogP contribution in [0.3, 0.4) is 0 Å². The van der Waals surface area contributed by atoms with Gasteiger partial charge in [0.25, 0.3) is 0 Å². The molecule has 122 valence electrons. The highest BCUT2D eigenvalue weighted by Gasteiger charge is 2.22. The molecule has 2 atom stereocenters. The number of methoxy groups -OCH3 is 1. The maximum atomic E-state index is 11.9. The Morgan fingerprint density at radius 2 is 1.90 bits per heavy atom. The van der Waals surface area contributed by atoms with Crippen LogP contribution in [-0.2, 0) is 19.1 Å². The highest BCUT2D eigenvalue weighted by atomic mass is 16.5. The lowest BCUT2D eigenvalue weighted by atomic mass is 9.94. The van der Waals surface area contributed by atoms with E-state index in [-0.39, 0.29) is 31.1 Å². The normalized spacial score (nSPS) is 13.6. The molecule has 0 rings (SSSR count). The van der Waals surface area contributed by atoms with Crippen LogP contribution in [0.4, 0.5) is 0 Å². The Bertz CT molecular complexity index is 357. The molecule has 0 aromatic rings. The summed E-state index contributed by atoms with van der Waals surface area (Å²) in [5.74, 6) is -1.58. The van der Waals surface area contributed by atoms with Gasteiger partial charge in [0, 0.05) is 12.8 Å². The fraction of sp³-hybridized carbons (Fsp3) is 0.786. The number of nitrogens with one attached hydrogen (secondary N) is 1. The monoisotopic (exact) mass is 302 g/mol. The maximum absolute atomic E-state index is 11.9. The van der Waals surface area contributed by atoms with Gasteiger partial charge >= 0.3 is 11.9 Å². The van der Waals surface area contributed by atoms with Crippen LogP contribution in [0.1, 0.15) is 39.5 Å². The quantitative estimate of drug-likeness (QED) is 0.506. The predicted octanol–water partition coefficient (Wildman–Crippen LogP) is 0.520. The van der Waals surface area contributed by atoms with E-state index in [2.05, 4.69) is 10.1 Å². The minimum absolute atomic E-state index is 0.00518. The zero-order chi connectivity index (χ0) is 16.4. The second-order valence-corrected chi connectivity index (χ2v) is 5.51. The lowest BCUT2D eigenvalue weighted by molar-refractivity contribution is -0.144. The lowest BCUT2D eigenvalue weighted by Gasteiger charge is -2.19. The average Bonchev–Trinajstić information content (AvgIpc) is 2.41. The first-order valence-electron chi connectivity index (χ1n) is 7.09. The third kappa shape index (κ3) is 9.01. The Kier molecular flexibility index (Phi) is 9.36. The summed E-state index contributed by atoms with van der Waals surface area (Å²) >= 11 is 0. The van der Waals surface area contributed by atoms with Crippen molar-refractivity contribution in [3.05, 3.63) is 0 Å². The molecule has 0 bridgehead atoms. The van der Waals surface area contributed by atoms with Crippen LogP contribution >= 0.6 is 0 Å². The van der Waals surface area contributed by atoms with Crippen molar-refractivity contribution >= 4 is 17.8 Å². The third-order valence-electron chi connectivity index (χ3n) is 3.11. The molecule has 0 fully saturated rings. The zero-order valence-electron chi connectivity index (χ0n) is 12.9. The van der Waals surface area contributed by atoms with Gasteiger partial charge in [-0.3, -0.25) is 9.59 Å². The first-order valence-corrected chi connectivity index (χ1v) is 7.09. The fourth-order valence-electron chi connectivity index (χ4n) is 2.07. The smallest absolute Gasteiger partial charge is 0.326 e. The van der Waals surface area contributed by atoms with Gasteiger partial charge in [-0.05, 0) is 31.2 Å². The summed E-state index contributed by atoms with van der Waals surface area (Å²) in [6.45, 7) is 4.46. The highest BCUT2D eigenvalue weighted by Crippen LogP contribution is 2.14. The number of carboxylic acid groups (broad SMARTS) is 1. The van der Waals surface area contributed by atoms with Crippen molar-refractivity contribution in [2.75, 3.05) is 13.7 Å². The highest BCUT2D eigenvalue weighted by molar-refractivity contribution is 5.84. The Labute approximate surface area is 125 Å². The van der Waals surface area contributed by atoms with E-state index in [1.54, 1.807) is 0 Å². The van der Waals surface area contributed by atoms with Crippen LogP contribution < -0.4 is 11.1 Å². The largest absolute Gasteiger partial charge is 0.480 e. The van der Waals surface area contributed by atoms with E-state index in [4.69, 9.17) is 10.8 Å². The van der Waals surface area contributed by atoms with Crippen LogP contribution in [0.5, 0.6) is 0 Å². The summed E-state index contributed by atoms with van der Waals surface area (Å²) in [4.78, 5) is 34.0. The second-order valence-electron chi connectivity index (χ2n) is 5.51. The molecule has 0 radical (unpaired) electrons. The molecule has 7 heteroatoms. The number of rotatable bonds is 10. The fourth-order valence-corrected chi connectivity index (χ4v) is 2.07. The Morgan fingerprint density at radius 3 is 2.33 bits per heavy atom. The van der Waals surface area contributed by atoms with Crippen molar-refractivity contribution in [2.24, 2.45) is 17.6 Å². The Hall–Kier alpha value is -1.63. The number of hydrogen-bond acceptors (Lipinski definition) is 5. The van der Waals surface area contributed by atoms with Gasteiger partial charge in [-0.2, -0.15) is 0 Å². The van der Waals surface area contributed by atoms with Crippen molar-refractivity contribution in [3.8, 4) is 0 Å². The van der Waals surface area contributed by atoms with E-state index in [1.807, 2.05) is 13.8 Å². The van der Waals surface area contributed by atoms with Crippen molar-refractivity contribution in [1.29, 1.82) is 0 Å².